The summed E-state index contributed by atoms with van der Waals surface area (Å²) in [5, 5.41) is 18.8. The molecule has 0 saturated carbocycles. The van der Waals surface area contributed by atoms with Crippen molar-refractivity contribution in [3.8, 4) is 0 Å². The van der Waals surface area contributed by atoms with Crippen LogP contribution >= 0.6 is 11.6 Å². The molecule has 1 rings (SSSR count). The Morgan fingerprint density at radius 1 is 1.53 bits per heavy atom. The van der Waals surface area contributed by atoms with E-state index in [2.05, 4.69) is 4.98 Å². The molecule has 0 aliphatic heterocycles. The lowest BCUT2D eigenvalue weighted by Gasteiger charge is -2.14. The molecule has 0 spiro atoms. The van der Waals surface area contributed by atoms with Crippen LogP contribution in [0.15, 0.2) is 18.3 Å². The summed E-state index contributed by atoms with van der Waals surface area (Å²) in [5.41, 5.74) is 0.763. The molecule has 0 aromatic carbocycles. The van der Waals surface area contributed by atoms with E-state index in [1.54, 1.807) is 6.07 Å². The number of aromatic nitrogens is 1. The third kappa shape index (κ3) is 2.99. The molecule has 1 aromatic heterocycles. The number of nitrogens with zero attached hydrogens (tertiary/aromatic N) is 1. The zero-order chi connectivity index (χ0) is 11.4. The van der Waals surface area contributed by atoms with Crippen LogP contribution < -0.4 is 0 Å². The van der Waals surface area contributed by atoms with Crippen molar-refractivity contribution in [1.82, 2.24) is 4.98 Å². The predicted molar refractivity (Wildman–Crippen MR) is 55.9 cm³/mol. The average molecular weight is 230 g/mol. The lowest BCUT2D eigenvalue weighted by Crippen LogP contribution is -2.20. The minimum Gasteiger partial charge on any atom is -0.389 e. The van der Waals surface area contributed by atoms with Gasteiger partial charge in [0.1, 0.15) is 6.10 Å². The Morgan fingerprint density at radius 3 is 2.60 bits per heavy atom. The van der Waals surface area contributed by atoms with E-state index in [1.807, 2.05) is 0 Å². The Balaban J connectivity index is 2.84. The molecule has 0 fully saturated rings. The van der Waals surface area contributed by atoms with Gasteiger partial charge in [-0.25, -0.2) is 0 Å². The summed E-state index contributed by atoms with van der Waals surface area (Å²) in [6.45, 7) is 1.43. The Labute approximate surface area is 92.5 Å². The van der Waals surface area contributed by atoms with E-state index < -0.39 is 12.2 Å². The molecule has 2 atom stereocenters. The van der Waals surface area contributed by atoms with Crippen molar-refractivity contribution in [2.45, 2.75) is 19.1 Å². The molecule has 0 bridgehead atoms. The number of carbonyl (C=O) groups excluding carboxylic acids is 1. The van der Waals surface area contributed by atoms with Gasteiger partial charge in [0.2, 0.25) is 0 Å². The number of ketones is 1. The van der Waals surface area contributed by atoms with Crippen LogP contribution in [0.3, 0.4) is 0 Å². The van der Waals surface area contributed by atoms with E-state index in [4.69, 9.17) is 11.6 Å². The SMILES string of the molecule is CC(=O)c1ccc(C(O)C(O)CCl)nc1. The first kappa shape index (κ1) is 12.1. The number of aliphatic hydroxyl groups excluding tert-OH is 2. The number of rotatable bonds is 4. The van der Waals surface area contributed by atoms with Crippen molar-refractivity contribution in [3.63, 3.8) is 0 Å². The third-order valence-corrected chi connectivity index (χ3v) is 2.33. The second kappa shape index (κ2) is 5.21. The maximum Gasteiger partial charge on any atom is 0.161 e. The Hall–Kier alpha value is -0.970. The predicted octanol–water partition coefficient (Wildman–Crippen LogP) is 0.917. The van der Waals surface area contributed by atoms with Crippen molar-refractivity contribution in [2.75, 3.05) is 5.88 Å². The van der Waals surface area contributed by atoms with Gasteiger partial charge < -0.3 is 10.2 Å². The molecule has 0 aliphatic carbocycles. The molecular formula is C10H12ClNO3. The van der Waals surface area contributed by atoms with Crippen LogP contribution in [0.25, 0.3) is 0 Å². The number of hydrogen-bond acceptors (Lipinski definition) is 4. The first-order chi connectivity index (χ1) is 7.06. The smallest absolute Gasteiger partial charge is 0.161 e. The van der Waals surface area contributed by atoms with Crippen molar-refractivity contribution in [3.05, 3.63) is 29.6 Å². The fourth-order valence-electron chi connectivity index (χ4n) is 1.07. The molecule has 82 valence electrons. The lowest BCUT2D eigenvalue weighted by molar-refractivity contribution is 0.0300. The maximum absolute atomic E-state index is 10.9. The molecule has 5 heteroatoms. The van der Waals surface area contributed by atoms with Crippen LogP contribution in [0.2, 0.25) is 0 Å². The first-order valence-corrected chi connectivity index (χ1v) is 4.98. The number of carbonyl (C=O) groups is 1. The van der Waals surface area contributed by atoms with Crippen LogP contribution in [0.4, 0.5) is 0 Å². The quantitative estimate of drug-likeness (QED) is 0.595. The lowest BCUT2D eigenvalue weighted by atomic mass is 10.1. The number of hydrogen-bond donors (Lipinski definition) is 2. The fraction of sp³-hybridized carbons (Fsp3) is 0.400. The molecule has 1 aromatic rings. The van der Waals surface area contributed by atoms with E-state index in [-0.39, 0.29) is 11.7 Å². The van der Waals surface area contributed by atoms with Crippen LogP contribution in [-0.4, -0.2) is 33.0 Å². The van der Waals surface area contributed by atoms with E-state index in [0.29, 0.717) is 11.3 Å². The van der Waals surface area contributed by atoms with Crippen LogP contribution in [0, 0.1) is 0 Å². The maximum atomic E-state index is 10.9. The molecule has 0 amide bonds. The summed E-state index contributed by atoms with van der Waals surface area (Å²) >= 11 is 5.39. The number of halogens is 1. The van der Waals surface area contributed by atoms with E-state index >= 15 is 0 Å². The molecule has 15 heavy (non-hydrogen) atoms. The topological polar surface area (TPSA) is 70.4 Å². The number of aliphatic hydroxyl groups is 2. The van der Waals surface area contributed by atoms with Crippen molar-refractivity contribution >= 4 is 17.4 Å². The monoisotopic (exact) mass is 229 g/mol. The van der Waals surface area contributed by atoms with Crippen LogP contribution in [-0.2, 0) is 0 Å². The molecule has 2 N–H and O–H groups in total. The third-order valence-electron chi connectivity index (χ3n) is 2.02. The average Bonchev–Trinajstić information content (AvgIpc) is 2.27. The Morgan fingerprint density at radius 2 is 2.20 bits per heavy atom. The van der Waals surface area contributed by atoms with Gasteiger partial charge >= 0.3 is 0 Å². The minimum absolute atomic E-state index is 0.0721. The molecule has 2 unspecified atom stereocenters. The summed E-state index contributed by atoms with van der Waals surface area (Å²) in [7, 11) is 0. The van der Waals surface area contributed by atoms with Gasteiger partial charge in [0.25, 0.3) is 0 Å². The van der Waals surface area contributed by atoms with Gasteiger partial charge in [0.15, 0.2) is 5.78 Å². The van der Waals surface area contributed by atoms with Gasteiger partial charge in [0.05, 0.1) is 17.7 Å². The highest BCUT2D eigenvalue weighted by Gasteiger charge is 2.18. The van der Waals surface area contributed by atoms with E-state index in [1.165, 1.54) is 19.2 Å². The molecule has 4 nitrogen and oxygen atoms in total. The highest BCUT2D eigenvalue weighted by molar-refractivity contribution is 6.18. The van der Waals surface area contributed by atoms with Crippen molar-refractivity contribution < 1.29 is 15.0 Å². The van der Waals surface area contributed by atoms with E-state index in [9.17, 15) is 15.0 Å². The summed E-state index contributed by atoms with van der Waals surface area (Å²) in [5.74, 6) is -0.168. The van der Waals surface area contributed by atoms with Gasteiger partial charge in [-0.15, -0.1) is 11.6 Å². The first-order valence-electron chi connectivity index (χ1n) is 4.45. The Bertz CT molecular complexity index is 339. The second-order valence-electron chi connectivity index (χ2n) is 3.19. The highest BCUT2D eigenvalue weighted by Crippen LogP contribution is 2.15. The largest absolute Gasteiger partial charge is 0.389 e. The van der Waals surface area contributed by atoms with Crippen molar-refractivity contribution in [1.29, 1.82) is 0 Å². The van der Waals surface area contributed by atoms with E-state index in [0.717, 1.165) is 0 Å². The van der Waals surface area contributed by atoms with Gasteiger partial charge in [-0.3, -0.25) is 9.78 Å². The summed E-state index contributed by atoms with van der Waals surface area (Å²) in [4.78, 5) is 14.8. The summed E-state index contributed by atoms with van der Waals surface area (Å²) in [6, 6.07) is 3.05. The fourth-order valence-corrected chi connectivity index (χ4v) is 1.24. The molecule has 1 heterocycles. The van der Waals surface area contributed by atoms with Gasteiger partial charge in [-0.2, -0.15) is 0 Å². The van der Waals surface area contributed by atoms with Crippen LogP contribution in [0.1, 0.15) is 29.1 Å². The van der Waals surface area contributed by atoms with Gasteiger partial charge in [-0.05, 0) is 19.1 Å². The number of pyridine rings is 1. The minimum atomic E-state index is -1.12. The number of Topliss-reactive ketones (excluding diaryl/α,β-unsaturated/α-hetero) is 1. The zero-order valence-corrected chi connectivity index (χ0v) is 8.98. The van der Waals surface area contributed by atoms with Gasteiger partial charge in [-0.1, -0.05) is 0 Å². The standard InChI is InChI=1S/C10H12ClNO3/c1-6(13)7-2-3-8(12-5-7)10(15)9(14)4-11/h2-3,5,9-10,14-15H,4H2,1H3. The normalized spacial score (nSPS) is 14.7. The second-order valence-corrected chi connectivity index (χ2v) is 3.50. The number of alkyl halides is 1. The van der Waals surface area contributed by atoms with Gasteiger partial charge in [0, 0.05) is 11.8 Å². The Kier molecular flexibility index (Phi) is 4.20. The highest BCUT2D eigenvalue weighted by atomic mass is 35.5. The van der Waals surface area contributed by atoms with Crippen molar-refractivity contribution in [2.24, 2.45) is 0 Å². The molecule has 0 radical (unpaired) electrons. The van der Waals surface area contributed by atoms with Crippen LogP contribution in [0.5, 0.6) is 0 Å². The zero-order valence-electron chi connectivity index (χ0n) is 8.22. The molecule has 0 aliphatic rings. The summed E-state index contributed by atoms with van der Waals surface area (Å²) in [6.07, 6.45) is -0.812. The molecular weight excluding hydrogens is 218 g/mol. The molecule has 0 saturated heterocycles. The summed E-state index contributed by atoms with van der Waals surface area (Å²) < 4.78 is 0.